The first kappa shape index (κ1) is 20.5. The average molecular weight is 417 g/mol. The van der Waals surface area contributed by atoms with E-state index in [1.807, 2.05) is 20.0 Å². The Kier molecular flexibility index (Phi) is 5.58. The van der Waals surface area contributed by atoms with Crippen molar-refractivity contribution in [2.75, 3.05) is 5.32 Å². The average Bonchev–Trinajstić information content (AvgIpc) is 3.13. The molecule has 1 atom stereocenters. The molecular formula is C25H28N4S. The smallest absolute Gasteiger partial charge is 0.223 e. The molecule has 0 fully saturated rings. The SMILES string of the molecule is Cc1cscc1-c1ccc2nc(NC(C)Cc3cccc(C(C)(C)N)c3)ncc2c1. The summed E-state index contributed by atoms with van der Waals surface area (Å²) in [5.41, 5.74) is 13.0. The first-order chi connectivity index (χ1) is 14.3. The van der Waals surface area contributed by atoms with Gasteiger partial charge in [0, 0.05) is 23.2 Å². The van der Waals surface area contributed by atoms with Crippen molar-refractivity contribution in [3.63, 3.8) is 0 Å². The molecule has 0 radical (unpaired) electrons. The maximum absolute atomic E-state index is 6.25. The van der Waals surface area contributed by atoms with Crippen molar-refractivity contribution in [1.82, 2.24) is 9.97 Å². The van der Waals surface area contributed by atoms with Crippen molar-refractivity contribution in [1.29, 1.82) is 0 Å². The molecule has 0 aliphatic rings. The number of nitrogens with zero attached hydrogens (tertiary/aromatic N) is 2. The van der Waals surface area contributed by atoms with Gasteiger partial charge in [0.2, 0.25) is 5.95 Å². The van der Waals surface area contributed by atoms with Gasteiger partial charge in [-0.1, -0.05) is 30.3 Å². The zero-order valence-corrected chi connectivity index (χ0v) is 18.8. The van der Waals surface area contributed by atoms with Crippen molar-refractivity contribution in [2.24, 2.45) is 5.73 Å². The summed E-state index contributed by atoms with van der Waals surface area (Å²) in [5, 5.41) is 8.86. The van der Waals surface area contributed by atoms with Gasteiger partial charge in [-0.25, -0.2) is 9.97 Å². The number of fused-ring (bicyclic) bond motifs is 1. The molecule has 2 aromatic carbocycles. The quantitative estimate of drug-likeness (QED) is 0.410. The van der Waals surface area contributed by atoms with Crippen LogP contribution in [0.3, 0.4) is 0 Å². The van der Waals surface area contributed by atoms with Crippen LogP contribution >= 0.6 is 11.3 Å². The topological polar surface area (TPSA) is 63.8 Å². The highest BCUT2D eigenvalue weighted by molar-refractivity contribution is 7.08. The second-order valence-corrected chi connectivity index (χ2v) is 9.35. The predicted octanol–water partition coefficient (Wildman–Crippen LogP) is 5.90. The minimum atomic E-state index is -0.339. The van der Waals surface area contributed by atoms with Crippen molar-refractivity contribution in [2.45, 2.75) is 45.7 Å². The van der Waals surface area contributed by atoms with E-state index in [-0.39, 0.29) is 11.6 Å². The summed E-state index contributed by atoms with van der Waals surface area (Å²) in [7, 11) is 0. The van der Waals surface area contributed by atoms with Gasteiger partial charge in [0.05, 0.1) is 5.52 Å². The lowest BCUT2D eigenvalue weighted by Gasteiger charge is -2.21. The van der Waals surface area contributed by atoms with Gasteiger partial charge in [-0.15, -0.1) is 0 Å². The summed E-state index contributed by atoms with van der Waals surface area (Å²) < 4.78 is 0. The van der Waals surface area contributed by atoms with E-state index in [0.717, 1.165) is 22.9 Å². The Hall–Kier alpha value is -2.76. The number of hydrogen-bond donors (Lipinski definition) is 2. The number of aryl methyl sites for hydroxylation is 1. The number of thiophene rings is 1. The molecular weight excluding hydrogens is 388 g/mol. The molecule has 0 saturated heterocycles. The van der Waals surface area contributed by atoms with Gasteiger partial charge >= 0.3 is 0 Å². The van der Waals surface area contributed by atoms with Crippen LogP contribution in [0.1, 0.15) is 37.5 Å². The van der Waals surface area contributed by atoms with Crippen molar-refractivity contribution in [3.05, 3.63) is 76.1 Å². The van der Waals surface area contributed by atoms with E-state index in [1.54, 1.807) is 11.3 Å². The van der Waals surface area contributed by atoms with E-state index in [0.29, 0.717) is 5.95 Å². The largest absolute Gasteiger partial charge is 0.351 e. The lowest BCUT2D eigenvalue weighted by molar-refractivity contribution is 0.553. The lowest BCUT2D eigenvalue weighted by Crippen LogP contribution is -2.29. The van der Waals surface area contributed by atoms with Crippen molar-refractivity contribution < 1.29 is 0 Å². The minimum Gasteiger partial charge on any atom is -0.351 e. The minimum absolute atomic E-state index is 0.200. The Morgan fingerprint density at radius 2 is 1.97 bits per heavy atom. The van der Waals surface area contributed by atoms with Gasteiger partial charge in [0.1, 0.15) is 0 Å². The fraction of sp³-hybridized carbons (Fsp3) is 0.280. The van der Waals surface area contributed by atoms with Crippen LogP contribution in [0.4, 0.5) is 5.95 Å². The molecule has 0 aliphatic heterocycles. The lowest BCUT2D eigenvalue weighted by atomic mass is 9.93. The van der Waals surface area contributed by atoms with Gasteiger partial charge in [-0.05, 0) is 84.8 Å². The number of aromatic nitrogens is 2. The first-order valence-corrected chi connectivity index (χ1v) is 11.2. The van der Waals surface area contributed by atoms with Gasteiger partial charge in [-0.2, -0.15) is 11.3 Å². The number of nitrogens with two attached hydrogens (primary N) is 1. The highest BCUT2D eigenvalue weighted by atomic mass is 32.1. The first-order valence-electron chi connectivity index (χ1n) is 10.2. The Labute approximate surface area is 182 Å². The fourth-order valence-corrected chi connectivity index (χ4v) is 4.51. The third-order valence-corrected chi connectivity index (χ3v) is 6.20. The number of anilines is 1. The van der Waals surface area contributed by atoms with Crippen LogP contribution in [-0.2, 0) is 12.0 Å². The predicted molar refractivity (Wildman–Crippen MR) is 128 cm³/mol. The molecule has 2 aromatic heterocycles. The molecule has 0 amide bonds. The van der Waals surface area contributed by atoms with Gasteiger partial charge < -0.3 is 11.1 Å². The highest BCUT2D eigenvalue weighted by Crippen LogP contribution is 2.29. The molecule has 0 spiro atoms. The zero-order chi connectivity index (χ0) is 21.3. The van der Waals surface area contributed by atoms with E-state index in [2.05, 4.69) is 77.4 Å². The molecule has 0 bridgehead atoms. The summed E-state index contributed by atoms with van der Waals surface area (Å²) in [6.45, 7) is 8.35. The molecule has 4 rings (SSSR count). The van der Waals surface area contributed by atoms with Crippen molar-refractivity contribution in [3.8, 4) is 11.1 Å². The second kappa shape index (κ2) is 8.17. The standard InChI is InChI=1S/C25H28N4S/c1-16-14-30-15-22(16)19-8-9-23-20(12-19)13-27-24(29-23)28-17(2)10-18-6-5-7-21(11-18)25(3,4)26/h5-9,11-15,17H,10,26H2,1-4H3,(H,27,28,29). The molecule has 2 heterocycles. The van der Waals surface area contributed by atoms with Crippen LogP contribution in [-0.4, -0.2) is 16.0 Å². The zero-order valence-electron chi connectivity index (χ0n) is 17.9. The third-order valence-electron chi connectivity index (χ3n) is 5.33. The van der Waals surface area contributed by atoms with Crippen molar-refractivity contribution >= 4 is 28.2 Å². The number of hydrogen-bond acceptors (Lipinski definition) is 5. The summed E-state index contributed by atoms with van der Waals surface area (Å²) >= 11 is 1.73. The molecule has 1 unspecified atom stereocenters. The number of rotatable bonds is 6. The second-order valence-electron chi connectivity index (χ2n) is 8.61. The molecule has 5 heteroatoms. The van der Waals surface area contributed by atoms with Crippen LogP contribution < -0.4 is 11.1 Å². The maximum Gasteiger partial charge on any atom is 0.223 e. The third kappa shape index (κ3) is 4.53. The fourth-order valence-electron chi connectivity index (χ4n) is 3.65. The normalized spacial score (nSPS) is 12.8. The Morgan fingerprint density at radius 1 is 1.13 bits per heavy atom. The van der Waals surface area contributed by atoms with E-state index in [4.69, 9.17) is 10.7 Å². The van der Waals surface area contributed by atoms with E-state index < -0.39 is 0 Å². The summed E-state index contributed by atoms with van der Waals surface area (Å²) in [4.78, 5) is 9.27. The molecule has 30 heavy (non-hydrogen) atoms. The Morgan fingerprint density at radius 3 is 2.70 bits per heavy atom. The summed E-state index contributed by atoms with van der Waals surface area (Å²) in [6, 6.07) is 15.1. The molecule has 4 aromatic rings. The van der Waals surface area contributed by atoms with E-state index >= 15 is 0 Å². The monoisotopic (exact) mass is 416 g/mol. The molecule has 0 saturated carbocycles. The van der Waals surface area contributed by atoms with E-state index in [9.17, 15) is 0 Å². The Bertz CT molecular complexity index is 1170. The van der Waals surface area contributed by atoms with Gasteiger partial charge in [0.25, 0.3) is 0 Å². The van der Waals surface area contributed by atoms with Crippen LogP contribution in [0.2, 0.25) is 0 Å². The van der Waals surface area contributed by atoms with Crippen LogP contribution in [0.15, 0.2) is 59.4 Å². The van der Waals surface area contributed by atoms with Crippen LogP contribution in [0, 0.1) is 6.92 Å². The molecule has 3 N–H and O–H groups in total. The number of benzene rings is 2. The summed E-state index contributed by atoms with van der Waals surface area (Å²) in [5.74, 6) is 0.657. The van der Waals surface area contributed by atoms with E-state index in [1.165, 1.54) is 22.3 Å². The summed E-state index contributed by atoms with van der Waals surface area (Å²) in [6.07, 6.45) is 2.78. The maximum atomic E-state index is 6.25. The van der Waals surface area contributed by atoms with Crippen LogP contribution in [0.25, 0.3) is 22.0 Å². The highest BCUT2D eigenvalue weighted by Gasteiger charge is 2.15. The Balaban J connectivity index is 1.49. The van der Waals surface area contributed by atoms with Gasteiger partial charge in [-0.3, -0.25) is 0 Å². The molecule has 0 aliphatic carbocycles. The molecule has 4 nitrogen and oxygen atoms in total. The number of nitrogens with one attached hydrogen (secondary N) is 1. The van der Waals surface area contributed by atoms with Crippen LogP contribution in [0.5, 0.6) is 0 Å². The molecule has 154 valence electrons. The van der Waals surface area contributed by atoms with Gasteiger partial charge in [0.15, 0.2) is 0 Å².